The maximum atomic E-state index is 10.1. The molecule has 1 heterocycles. The maximum Gasteiger partial charge on any atom is 0.119 e. The zero-order valence-electron chi connectivity index (χ0n) is 3.33. The van der Waals surface area contributed by atoms with E-state index in [-0.39, 0.29) is 0 Å². The van der Waals surface area contributed by atoms with E-state index in [1.54, 1.807) is 0 Å². The number of aliphatic imine (C=N–C) groups is 1. The van der Waals surface area contributed by atoms with Gasteiger partial charge in [0.2, 0.25) is 0 Å². The smallest absolute Gasteiger partial charge is 0.119 e. The summed E-state index contributed by atoms with van der Waals surface area (Å²) in [5.41, 5.74) is 1.88. The molecule has 0 atom stereocenters. The van der Waals surface area contributed by atoms with Crippen molar-refractivity contribution in [3.8, 4) is 0 Å². The molecule has 1 rings (SSSR count). The van der Waals surface area contributed by atoms with E-state index in [4.69, 9.17) is 0 Å². The Morgan fingerprint density at radius 3 is 2.43 bits per heavy atom. The van der Waals surface area contributed by atoms with E-state index in [0.29, 0.717) is 0 Å². The second-order valence-electron chi connectivity index (χ2n) is 1.05. The third kappa shape index (κ3) is 0.866. The summed E-state index contributed by atoms with van der Waals surface area (Å²) in [6, 6.07) is 0. The van der Waals surface area contributed by atoms with E-state index in [0.717, 1.165) is 5.41 Å². The van der Waals surface area contributed by atoms with Crippen LogP contribution in [0.5, 0.6) is 0 Å². The summed E-state index contributed by atoms with van der Waals surface area (Å²) in [6.07, 6.45) is 1.19. The molecule has 0 saturated carbocycles. The third-order valence-corrected chi connectivity index (χ3v) is 1.33. The van der Waals surface area contributed by atoms with Crippen molar-refractivity contribution in [1.82, 2.24) is 0 Å². The van der Waals surface area contributed by atoms with E-state index in [1.165, 1.54) is 6.20 Å². The van der Waals surface area contributed by atoms with Crippen LogP contribution in [0.4, 0.5) is 0 Å². The largest absolute Gasteiger partial charge is 0.446 e. The Bertz CT molecular complexity index is 193. The van der Waals surface area contributed by atoms with Crippen LogP contribution in [0.3, 0.4) is 0 Å². The van der Waals surface area contributed by atoms with Gasteiger partial charge >= 0.3 is 0 Å². The normalized spacial score (nSPS) is 23.4. The van der Waals surface area contributed by atoms with E-state index in [9.17, 15) is 8.42 Å². The van der Waals surface area contributed by atoms with Crippen LogP contribution < -0.4 is 0 Å². The van der Waals surface area contributed by atoms with Crippen molar-refractivity contribution in [2.45, 2.75) is 0 Å². The quantitative estimate of drug-likeness (QED) is 0.411. The van der Waals surface area contributed by atoms with Crippen LogP contribution in [-0.2, 0) is 9.84 Å². The highest BCUT2D eigenvalue weighted by Crippen LogP contribution is 1.94. The standard InChI is InChI=1S/C3H2NO2S/c5-7(6)2-1-4-3-7/h1-2H/q-1. The summed E-state index contributed by atoms with van der Waals surface area (Å²) in [4.78, 5) is 3.22. The molecule has 0 bridgehead atoms. The van der Waals surface area contributed by atoms with Gasteiger partial charge < -0.3 is 4.99 Å². The number of hydrogen-bond acceptors (Lipinski definition) is 3. The van der Waals surface area contributed by atoms with Gasteiger partial charge in [0.25, 0.3) is 0 Å². The molecule has 0 aliphatic carbocycles. The van der Waals surface area contributed by atoms with Crippen LogP contribution in [0.1, 0.15) is 0 Å². The average Bonchev–Trinajstić information content (AvgIpc) is 1.84. The zero-order chi connectivity index (χ0) is 5.33. The zero-order valence-corrected chi connectivity index (χ0v) is 4.14. The summed E-state index contributed by atoms with van der Waals surface area (Å²) in [5.74, 6) is 0. The monoisotopic (exact) mass is 116 g/mol. The number of rotatable bonds is 0. The van der Waals surface area contributed by atoms with Crippen molar-refractivity contribution < 1.29 is 8.42 Å². The lowest BCUT2D eigenvalue weighted by atomic mass is 11.1. The molecular formula is C3H2NO2S-. The highest BCUT2D eigenvalue weighted by atomic mass is 32.2. The first-order valence-corrected chi connectivity index (χ1v) is 3.13. The van der Waals surface area contributed by atoms with Crippen molar-refractivity contribution in [2.75, 3.05) is 0 Å². The van der Waals surface area contributed by atoms with Gasteiger partial charge in [-0.15, -0.1) is 6.20 Å². The number of sulfone groups is 1. The Kier molecular flexibility index (Phi) is 0.751. The van der Waals surface area contributed by atoms with Crippen LogP contribution in [0, 0.1) is 0 Å². The Hall–Kier alpha value is -0.640. The first-order valence-electron chi connectivity index (χ1n) is 1.59. The van der Waals surface area contributed by atoms with Gasteiger partial charge in [0, 0.05) is 0 Å². The second kappa shape index (κ2) is 1.16. The molecule has 0 N–H and O–H groups in total. The third-order valence-electron chi connectivity index (χ3n) is 0.494. The molecule has 7 heavy (non-hydrogen) atoms. The summed E-state index contributed by atoms with van der Waals surface area (Å²) >= 11 is 0. The van der Waals surface area contributed by atoms with Crippen LogP contribution in [-0.4, -0.2) is 14.0 Å². The Morgan fingerprint density at radius 1 is 1.57 bits per heavy atom. The Morgan fingerprint density at radius 2 is 2.29 bits per heavy atom. The molecule has 1 aliphatic heterocycles. The fourth-order valence-electron chi connectivity index (χ4n) is 0.245. The lowest BCUT2D eigenvalue weighted by molar-refractivity contribution is 0.616. The summed E-state index contributed by atoms with van der Waals surface area (Å²) in [6.45, 7) is 0. The van der Waals surface area contributed by atoms with Gasteiger partial charge in [-0.25, -0.2) is 8.42 Å². The summed E-state index contributed by atoms with van der Waals surface area (Å²) in [7, 11) is -3.14. The minimum atomic E-state index is -3.14. The predicted octanol–water partition coefficient (Wildman–Crippen LogP) is -0.209. The molecule has 0 aromatic rings. The molecule has 38 valence electrons. The first-order chi connectivity index (χ1) is 3.21. The maximum absolute atomic E-state index is 10.1. The summed E-state index contributed by atoms with van der Waals surface area (Å²) in [5, 5.41) is 0.993. The van der Waals surface area contributed by atoms with Crippen molar-refractivity contribution in [2.24, 2.45) is 4.99 Å². The van der Waals surface area contributed by atoms with Gasteiger partial charge in [0.05, 0.1) is 0 Å². The van der Waals surface area contributed by atoms with Gasteiger partial charge in [-0.1, -0.05) is 0 Å². The molecule has 3 nitrogen and oxygen atoms in total. The number of hydrogen-bond donors (Lipinski definition) is 0. The van der Waals surface area contributed by atoms with Gasteiger partial charge in [-0.2, -0.15) is 0 Å². The Labute approximate surface area is 41.3 Å². The predicted molar refractivity (Wildman–Crippen MR) is 25.5 cm³/mol. The van der Waals surface area contributed by atoms with E-state index in [2.05, 4.69) is 4.99 Å². The molecule has 0 fully saturated rings. The van der Waals surface area contributed by atoms with E-state index < -0.39 is 9.84 Å². The number of nitrogens with zero attached hydrogens (tertiary/aromatic N) is 1. The molecule has 0 amide bonds. The van der Waals surface area contributed by atoms with Gasteiger partial charge in [-0.05, 0) is 11.0 Å². The average molecular weight is 116 g/mol. The highest BCUT2D eigenvalue weighted by molar-refractivity contribution is 8.07. The second-order valence-corrected chi connectivity index (χ2v) is 2.60. The SMILES string of the molecule is O=S1(=O)[C-]=NC=C1. The van der Waals surface area contributed by atoms with Crippen LogP contribution in [0.2, 0.25) is 0 Å². The van der Waals surface area contributed by atoms with Gasteiger partial charge in [-0.3, -0.25) is 0 Å². The molecule has 0 spiro atoms. The van der Waals surface area contributed by atoms with Crippen LogP contribution in [0.15, 0.2) is 16.6 Å². The lowest BCUT2D eigenvalue weighted by Crippen LogP contribution is -1.88. The fourth-order valence-corrected chi connectivity index (χ4v) is 0.735. The minimum Gasteiger partial charge on any atom is -0.446 e. The van der Waals surface area contributed by atoms with Gasteiger partial charge in [0.1, 0.15) is 9.84 Å². The fraction of sp³-hybridized carbons (Fsp3) is 0. The highest BCUT2D eigenvalue weighted by Gasteiger charge is 1.90. The molecule has 4 heteroatoms. The molecule has 1 aliphatic rings. The Balaban J connectivity index is 3.25. The molecule has 0 aromatic carbocycles. The molecule has 0 radical (unpaired) electrons. The molecular weight excluding hydrogens is 114 g/mol. The van der Waals surface area contributed by atoms with Crippen molar-refractivity contribution in [3.63, 3.8) is 0 Å². The van der Waals surface area contributed by atoms with E-state index in [1.807, 2.05) is 5.55 Å². The first kappa shape index (κ1) is 4.52. The van der Waals surface area contributed by atoms with Crippen LogP contribution in [0.25, 0.3) is 0 Å². The lowest BCUT2D eigenvalue weighted by Gasteiger charge is -1.80. The molecule has 0 saturated heterocycles. The minimum absolute atomic E-state index is 0.993. The topological polar surface area (TPSA) is 46.5 Å². The molecule has 0 aromatic heterocycles. The summed E-state index contributed by atoms with van der Waals surface area (Å²) < 4.78 is 20.3. The van der Waals surface area contributed by atoms with E-state index >= 15 is 0 Å². The van der Waals surface area contributed by atoms with Crippen LogP contribution >= 0.6 is 0 Å². The molecule has 0 unspecified atom stereocenters. The van der Waals surface area contributed by atoms with Crippen molar-refractivity contribution >= 4 is 15.4 Å². The van der Waals surface area contributed by atoms with Crippen molar-refractivity contribution in [1.29, 1.82) is 0 Å². The van der Waals surface area contributed by atoms with Crippen molar-refractivity contribution in [3.05, 3.63) is 11.6 Å². The van der Waals surface area contributed by atoms with Gasteiger partial charge in [0.15, 0.2) is 0 Å².